The van der Waals surface area contributed by atoms with Gasteiger partial charge in [-0.1, -0.05) is 18.2 Å². The van der Waals surface area contributed by atoms with Gasteiger partial charge in [-0.05, 0) is 35.4 Å². The van der Waals surface area contributed by atoms with Crippen molar-refractivity contribution in [2.45, 2.75) is 31.2 Å². The number of nitrogens with zero attached hydrogens (tertiary/aromatic N) is 2. The van der Waals surface area contributed by atoms with Crippen LogP contribution in [-0.4, -0.2) is 35.8 Å². The summed E-state index contributed by atoms with van der Waals surface area (Å²) in [6.07, 6.45) is -4.83. The van der Waals surface area contributed by atoms with E-state index >= 15 is 0 Å². The summed E-state index contributed by atoms with van der Waals surface area (Å²) in [5.74, 6) is 1.26. The molecule has 1 amide bonds. The number of rotatable bonds is 5. The van der Waals surface area contributed by atoms with Crippen molar-refractivity contribution in [2.75, 3.05) is 19.2 Å². The Bertz CT molecular complexity index is 1210. The van der Waals surface area contributed by atoms with Crippen molar-refractivity contribution in [1.82, 2.24) is 15.1 Å². The first-order valence-electron chi connectivity index (χ1n) is 10.6. The van der Waals surface area contributed by atoms with Crippen LogP contribution in [0.4, 0.5) is 19.0 Å². The second kappa shape index (κ2) is 8.47. The standard InChI is InChI=1S/C23H21F3N4O4/c1-32-15-5-2-13(3-6-15)11-27-22(31)17-10-21-28-16(9-20(23(24,25)26)30(21)29-17)14-4-7-18-19(8-14)34-12-33-18/h2-8,10,16,20,28H,9,11-12H2,1H3,(H,27,31)/t16-,20-/m1/s1. The van der Waals surface area contributed by atoms with Crippen molar-refractivity contribution in [3.05, 3.63) is 65.4 Å². The molecule has 2 aliphatic rings. The number of alkyl halides is 3. The highest BCUT2D eigenvalue weighted by Gasteiger charge is 2.47. The number of anilines is 1. The van der Waals surface area contributed by atoms with Crippen LogP contribution in [0, 0.1) is 0 Å². The maximum atomic E-state index is 13.9. The number of ether oxygens (including phenoxy) is 3. The number of carbonyl (C=O) groups excluding carboxylic acids is 1. The van der Waals surface area contributed by atoms with E-state index in [4.69, 9.17) is 14.2 Å². The van der Waals surface area contributed by atoms with Gasteiger partial charge in [0.15, 0.2) is 23.2 Å². The van der Waals surface area contributed by atoms with Crippen molar-refractivity contribution < 1.29 is 32.2 Å². The predicted molar refractivity (Wildman–Crippen MR) is 115 cm³/mol. The fraction of sp³-hybridized carbons (Fsp3) is 0.304. The summed E-state index contributed by atoms with van der Waals surface area (Å²) in [6.45, 7) is 0.269. The number of hydrogen-bond donors (Lipinski definition) is 2. The Kier molecular flexibility index (Phi) is 5.46. The highest BCUT2D eigenvalue weighted by atomic mass is 19.4. The Labute approximate surface area is 192 Å². The van der Waals surface area contributed by atoms with Gasteiger partial charge in [-0.3, -0.25) is 4.79 Å². The van der Waals surface area contributed by atoms with Crippen LogP contribution < -0.4 is 24.8 Å². The smallest absolute Gasteiger partial charge is 0.410 e. The van der Waals surface area contributed by atoms with Crippen LogP contribution in [0.3, 0.4) is 0 Å². The lowest BCUT2D eigenvalue weighted by Gasteiger charge is -2.33. The Hall–Kier alpha value is -3.89. The SMILES string of the molecule is COc1ccc(CNC(=O)c2cc3n(n2)[C@@H](C(F)(F)F)C[C@H](c2ccc4c(c2)OCO4)N3)cc1. The third-order valence-electron chi connectivity index (χ3n) is 5.83. The Morgan fingerprint density at radius 2 is 1.94 bits per heavy atom. The molecule has 0 radical (unpaired) electrons. The molecule has 0 unspecified atom stereocenters. The lowest BCUT2D eigenvalue weighted by Crippen LogP contribution is -2.35. The van der Waals surface area contributed by atoms with E-state index in [1.807, 2.05) is 0 Å². The summed E-state index contributed by atoms with van der Waals surface area (Å²) < 4.78 is 58.4. The van der Waals surface area contributed by atoms with Crippen molar-refractivity contribution in [2.24, 2.45) is 0 Å². The summed E-state index contributed by atoms with van der Waals surface area (Å²) in [7, 11) is 1.55. The van der Waals surface area contributed by atoms with E-state index in [0.29, 0.717) is 22.8 Å². The summed E-state index contributed by atoms with van der Waals surface area (Å²) >= 11 is 0. The largest absolute Gasteiger partial charge is 0.497 e. The minimum absolute atomic E-state index is 0.0732. The van der Waals surface area contributed by atoms with Gasteiger partial charge in [0.25, 0.3) is 5.91 Å². The van der Waals surface area contributed by atoms with Crippen molar-refractivity contribution in [3.63, 3.8) is 0 Å². The number of nitrogens with one attached hydrogen (secondary N) is 2. The van der Waals surface area contributed by atoms with Crippen LogP contribution in [0.15, 0.2) is 48.5 Å². The topological polar surface area (TPSA) is 86.6 Å². The number of amides is 1. The Balaban J connectivity index is 1.36. The normalized spacial score (nSPS) is 18.7. The number of carbonyl (C=O) groups is 1. The van der Waals surface area contributed by atoms with Crippen molar-refractivity contribution in [3.8, 4) is 17.2 Å². The molecule has 2 aromatic carbocycles. The van der Waals surface area contributed by atoms with Gasteiger partial charge in [-0.2, -0.15) is 18.3 Å². The van der Waals surface area contributed by atoms with Crippen LogP contribution >= 0.6 is 0 Å². The van der Waals surface area contributed by atoms with Crippen LogP contribution in [-0.2, 0) is 6.54 Å². The molecule has 3 aromatic rings. The van der Waals surface area contributed by atoms with Gasteiger partial charge in [-0.25, -0.2) is 4.68 Å². The summed E-state index contributed by atoms with van der Waals surface area (Å²) in [5.41, 5.74) is 1.33. The first-order chi connectivity index (χ1) is 16.3. The first kappa shape index (κ1) is 21.9. The number of methoxy groups -OCH3 is 1. The minimum atomic E-state index is -4.55. The lowest BCUT2D eigenvalue weighted by atomic mass is 9.96. The Morgan fingerprint density at radius 1 is 1.18 bits per heavy atom. The molecule has 0 fully saturated rings. The maximum absolute atomic E-state index is 13.9. The zero-order valence-corrected chi connectivity index (χ0v) is 18.1. The molecule has 0 saturated heterocycles. The molecule has 34 heavy (non-hydrogen) atoms. The van der Waals surface area contributed by atoms with Crippen LogP contribution in [0.25, 0.3) is 0 Å². The lowest BCUT2D eigenvalue weighted by molar-refractivity contribution is -0.173. The molecular weight excluding hydrogens is 453 g/mol. The molecule has 8 nitrogen and oxygen atoms in total. The summed E-state index contributed by atoms with van der Waals surface area (Å²) in [5, 5.41) is 9.75. The van der Waals surface area contributed by atoms with E-state index in [1.165, 1.54) is 6.07 Å². The number of benzene rings is 2. The Morgan fingerprint density at radius 3 is 2.68 bits per heavy atom. The third-order valence-corrected chi connectivity index (χ3v) is 5.83. The average molecular weight is 474 g/mol. The quantitative estimate of drug-likeness (QED) is 0.576. The van der Waals surface area contributed by atoms with Gasteiger partial charge >= 0.3 is 6.18 Å². The van der Waals surface area contributed by atoms with Gasteiger partial charge < -0.3 is 24.8 Å². The van der Waals surface area contributed by atoms with E-state index < -0.39 is 24.2 Å². The third kappa shape index (κ3) is 4.20. The zero-order chi connectivity index (χ0) is 23.9. The predicted octanol–water partition coefficient (Wildman–Crippen LogP) is 4.21. The highest BCUT2D eigenvalue weighted by molar-refractivity contribution is 5.93. The fourth-order valence-electron chi connectivity index (χ4n) is 4.05. The average Bonchev–Trinajstić information content (AvgIpc) is 3.48. The molecule has 2 atom stereocenters. The number of aromatic nitrogens is 2. The van der Waals surface area contributed by atoms with Crippen LogP contribution in [0.1, 0.15) is 40.1 Å². The molecule has 1 aromatic heterocycles. The van der Waals surface area contributed by atoms with Gasteiger partial charge in [0.1, 0.15) is 11.6 Å². The van der Waals surface area contributed by atoms with Crippen molar-refractivity contribution >= 4 is 11.7 Å². The number of fused-ring (bicyclic) bond motifs is 2. The molecule has 0 bridgehead atoms. The summed E-state index contributed by atoms with van der Waals surface area (Å²) in [6, 6.07) is 10.9. The number of hydrogen-bond acceptors (Lipinski definition) is 6. The van der Waals surface area contributed by atoms with E-state index in [0.717, 1.165) is 10.2 Å². The highest BCUT2D eigenvalue weighted by Crippen LogP contribution is 2.45. The van der Waals surface area contributed by atoms with Gasteiger partial charge in [-0.15, -0.1) is 0 Å². The molecule has 0 saturated carbocycles. The van der Waals surface area contributed by atoms with E-state index in [9.17, 15) is 18.0 Å². The molecule has 178 valence electrons. The van der Waals surface area contributed by atoms with E-state index in [1.54, 1.807) is 49.6 Å². The van der Waals surface area contributed by atoms with Gasteiger partial charge in [0, 0.05) is 19.0 Å². The second-order valence-corrected chi connectivity index (χ2v) is 7.99. The van der Waals surface area contributed by atoms with E-state index in [2.05, 4.69) is 15.7 Å². The first-order valence-corrected chi connectivity index (χ1v) is 10.6. The molecule has 3 heterocycles. The molecular formula is C23H21F3N4O4. The molecule has 2 N–H and O–H groups in total. The molecule has 0 spiro atoms. The monoisotopic (exact) mass is 474 g/mol. The van der Waals surface area contributed by atoms with Gasteiger partial charge in [0.05, 0.1) is 13.2 Å². The molecule has 11 heteroatoms. The summed E-state index contributed by atoms with van der Waals surface area (Å²) in [4.78, 5) is 12.6. The molecule has 0 aliphatic carbocycles. The maximum Gasteiger partial charge on any atom is 0.410 e. The van der Waals surface area contributed by atoms with Crippen LogP contribution in [0.2, 0.25) is 0 Å². The molecule has 2 aliphatic heterocycles. The number of halogens is 3. The van der Waals surface area contributed by atoms with Crippen LogP contribution in [0.5, 0.6) is 17.2 Å². The van der Waals surface area contributed by atoms with Crippen molar-refractivity contribution in [1.29, 1.82) is 0 Å². The fourth-order valence-corrected chi connectivity index (χ4v) is 4.05. The minimum Gasteiger partial charge on any atom is -0.497 e. The van der Waals surface area contributed by atoms with E-state index in [-0.39, 0.29) is 31.3 Å². The van der Waals surface area contributed by atoms with Gasteiger partial charge in [0.2, 0.25) is 6.79 Å². The zero-order valence-electron chi connectivity index (χ0n) is 18.1. The second-order valence-electron chi connectivity index (χ2n) is 7.99. The molecule has 5 rings (SSSR count).